The van der Waals surface area contributed by atoms with Crippen LogP contribution >= 0.6 is 39.1 Å². The van der Waals surface area contributed by atoms with E-state index in [1.807, 2.05) is 44.3 Å². The lowest BCUT2D eigenvalue weighted by Gasteiger charge is -2.16. The molecule has 0 amide bonds. The molecule has 0 saturated heterocycles. The Bertz CT molecular complexity index is 1470. The Morgan fingerprint density at radius 2 is 1.16 bits per heavy atom. The summed E-state index contributed by atoms with van der Waals surface area (Å²) in [5.41, 5.74) is 2.58. The second-order valence-electron chi connectivity index (χ2n) is 11.0. The Morgan fingerprint density at radius 3 is 1.68 bits per heavy atom. The van der Waals surface area contributed by atoms with Gasteiger partial charge in [-0.25, -0.2) is 19.9 Å². The number of rotatable bonds is 6. The smallest absolute Gasteiger partial charge is 0.423 e. The molecule has 0 atom stereocenters. The molecule has 0 radical (unpaired) electrons. The van der Waals surface area contributed by atoms with E-state index in [1.165, 1.54) is 51.4 Å². The van der Waals surface area contributed by atoms with Crippen molar-refractivity contribution in [3.05, 3.63) is 87.1 Å². The normalized spacial score (nSPS) is 14.7. The molecule has 0 spiro atoms. The van der Waals surface area contributed by atoms with E-state index < -0.39 is 7.12 Å². The number of hydrogen-bond donors (Lipinski definition) is 4. The van der Waals surface area contributed by atoms with Gasteiger partial charge in [0.15, 0.2) is 0 Å². The third-order valence-electron chi connectivity index (χ3n) is 7.49. The maximum absolute atomic E-state index is 8.63. The van der Waals surface area contributed by atoms with Crippen LogP contribution in [0.1, 0.15) is 63.0 Å². The molecule has 2 saturated carbocycles. The SMILES string of the molecule is Cc1ncc(-c2ccc(Cl)cc2)c(NC2CCCC2)n1.Cc1ncc(Br)c(NC2CCCC2)n1.OB(O)c1ccc(Cl)cc1. The first-order valence-electron chi connectivity index (χ1n) is 14.9. The summed E-state index contributed by atoms with van der Waals surface area (Å²) >= 11 is 15.0. The molecule has 6 rings (SSSR count). The second kappa shape index (κ2) is 17.1. The van der Waals surface area contributed by atoms with Crippen molar-refractivity contribution in [1.29, 1.82) is 0 Å². The predicted molar refractivity (Wildman–Crippen MR) is 185 cm³/mol. The summed E-state index contributed by atoms with van der Waals surface area (Å²) in [7, 11) is -1.41. The topological polar surface area (TPSA) is 116 Å². The molecule has 0 aliphatic heterocycles. The number of nitrogens with zero attached hydrogens (tertiary/aromatic N) is 4. The molecular formula is C32H38BBrCl2N6O2. The fraction of sp³-hybridized carbons (Fsp3) is 0.375. The molecule has 2 heterocycles. The second-order valence-corrected chi connectivity index (χ2v) is 12.7. The third kappa shape index (κ3) is 10.7. The van der Waals surface area contributed by atoms with Crippen LogP contribution in [-0.2, 0) is 0 Å². The van der Waals surface area contributed by atoms with E-state index in [9.17, 15) is 0 Å². The molecule has 2 aromatic carbocycles. The van der Waals surface area contributed by atoms with Crippen molar-refractivity contribution in [2.24, 2.45) is 0 Å². The monoisotopic (exact) mass is 698 g/mol. The zero-order valence-electron chi connectivity index (χ0n) is 25.0. The molecule has 0 unspecified atom stereocenters. The van der Waals surface area contributed by atoms with Crippen LogP contribution in [0.4, 0.5) is 11.6 Å². The molecule has 2 aliphatic carbocycles. The Balaban J connectivity index is 0.000000161. The number of aryl methyl sites for hydroxylation is 2. The van der Waals surface area contributed by atoms with Crippen molar-refractivity contribution < 1.29 is 10.0 Å². The van der Waals surface area contributed by atoms with Gasteiger partial charge in [0.2, 0.25) is 0 Å². The lowest BCUT2D eigenvalue weighted by molar-refractivity contribution is 0.426. The molecular weight excluding hydrogens is 662 g/mol. The summed E-state index contributed by atoms with van der Waals surface area (Å²) in [5, 5.41) is 25.6. The van der Waals surface area contributed by atoms with Crippen LogP contribution in [0.5, 0.6) is 0 Å². The van der Waals surface area contributed by atoms with Crippen molar-refractivity contribution in [2.75, 3.05) is 10.6 Å². The number of benzene rings is 2. The van der Waals surface area contributed by atoms with E-state index in [0.29, 0.717) is 22.6 Å². The van der Waals surface area contributed by atoms with Crippen molar-refractivity contribution >= 4 is 63.3 Å². The van der Waals surface area contributed by atoms with E-state index in [1.54, 1.807) is 30.5 Å². The van der Waals surface area contributed by atoms with Crippen LogP contribution in [0.15, 0.2) is 65.4 Å². The zero-order valence-corrected chi connectivity index (χ0v) is 28.1. The van der Waals surface area contributed by atoms with Crippen LogP contribution in [0.2, 0.25) is 10.0 Å². The van der Waals surface area contributed by atoms with Crippen LogP contribution < -0.4 is 16.1 Å². The number of nitrogens with one attached hydrogen (secondary N) is 2. The van der Waals surface area contributed by atoms with Gasteiger partial charge in [0.25, 0.3) is 0 Å². The molecule has 4 N–H and O–H groups in total. The quantitative estimate of drug-likeness (QED) is 0.154. The summed E-state index contributed by atoms with van der Waals surface area (Å²) in [6.07, 6.45) is 13.9. The summed E-state index contributed by atoms with van der Waals surface area (Å²) < 4.78 is 0.954. The maximum atomic E-state index is 8.63. The molecule has 232 valence electrons. The molecule has 12 heteroatoms. The predicted octanol–water partition coefficient (Wildman–Crippen LogP) is 7.38. The molecule has 2 aromatic heterocycles. The molecule has 8 nitrogen and oxygen atoms in total. The van der Waals surface area contributed by atoms with Crippen molar-refractivity contribution in [3.63, 3.8) is 0 Å². The van der Waals surface area contributed by atoms with E-state index in [2.05, 4.69) is 46.5 Å². The summed E-state index contributed by atoms with van der Waals surface area (Å²) in [6.45, 7) is 3.83. The highest BCUT2D eigenvalue weighted by Crippen LogP contribution is 2.30. The summed E-state index contributed by atoms with van der Waals surface area (Å²) in [6, 6.07) is 15.3. The first-order valence-corrected chi connectivity index (χ1v) is 16.5. The van der Waals surface area contributed by atoms with E-state index in [4.69, 9.17) is 33.2 Å². The van der Waals surface area contributed by atoms with Crippen LogP contribution in [0, 0.1) is 13.8 Å². The standard InChI is InChI=1S/C16H18ClN3.C10H14BrN3.C6H6BClO2/c1-11-18-10-15(12-6-8-13(17)9-7-12)16(19-11)20-14-4-2-3-5-14;1-7-12-6-9(11)10(13-7)14-8-4-2-3-5-8;8-6-3-1-5(2-4-6)7(9)10/h6-10,14H,2-5H2,1H3,(H,18,19,20);6,8H,2-5H2,1H3,(H,12,13,14);1-4,9-10H. The van der Waals surface area contributed by atoms with Gasteiger partial charge >= 0.3 is 7.12 Å². The van der Waals surface area contributed by atoms with Gasteiger partial charge in [-0.2, -0.15) is 0 Å². The Labute approximate surface area is 278 Å². The minimum Gasteiger partial charge on any atom is -0.423 e. The van der Waals surface area contributed by atoms with Crippen molar-refractivity contribution in [2.45, 2.75) is 77.3 Å². The van der Waals surface area contributed by atoms with Crippen LogP contribution in [0.3, 0.4) is 0 Å². The van der Waals surface area contributed by atoms with E-state index in [0.717, 1.165) is 43.9 Å². The van der Waals surface area contributed by atoms with E-state index >= 15 is 0 Å². The summed E-state index contributed by atoms with van der Waals surface area (Å²) in [4.78, 5) is 17.4. The minimum absolute atomic E-state index is 0.449. The average Bonchev–Trinajstić information content (AvgIpc) is 3.72. The number of anilines is 2. The molecule has 2 aliphatic rings. The number of hydrogen-bond acceptors (Lipinski definition) is 8. The fourth-order valence-corrected chi connectivity index (χ4v) is 5.70. The fourth-order valence-electron chi connectivity index (χ4n) is 5.14. The maximum Gasteiger partial charge on any atom is 0.488 e. The Kier molecular flexibility index (Phi) is 13.2. The molecule has 0 bridgehead atoms. The highest BCUT2D eigenvalue weighted by atomic mass is 79.9. The lowest BCUT2D eigenvalue weighted by Crippen LogP contribution is -2.29. The van der Waals surface area contributed by atoms with E-state index in [-0.39, 0.29) is 0 Å². The highest BCUT2D eigenvalue weighted by molar-refractivity contribution is 9.10. The van der Waals surface area contributed by atoms with Crippen molar-refractivity contribution in [3.8, 4) is 11.1 Å². The molecule has 4 aromatic rings. The highest BCUT2D eigenvalue weighted by Gasteiger charge is 2.18. The van der Waals surface area contributed by atoms with Crippen molar-refractivity contribution in [1.82, 2.24) is 19.9 Å². The minimum atomic E-state index is -1.41. The van der Waals surface area contributed by atoms with Gasteiger partial charge in [-0.3, -0.25) is 0 Å². The van der Waals surface area contributed by atoms with Gasteiger partial charge in [-0.15, -0.1) is 0 Å². The molecule has 44 heavy (non-hydrogen) atoms. The van der Waals surface area contributed by atoms with Crippen LogP contribution in [-0.4, -0.2) is 49.2 Å². The Morgan fingerprint density at radius 1 is 0.705 bits per heavy atom. The lowest BCUT2D eigenvalue weighted by atomic mass is 9.81. The van der Waals surface area contributed by atoms with Gasteiger partial charge in [0.1, 0.15) is 23.3 Å². The largest absolute Gasteiger partial charge is 0.488 e. The first-order chi connectivity index (χ1) is 21.2. The number of halogens is 3. The molecule has 2 fully saturated rings. The van der Waals surface area contributed by atoms with Gasteiger partial charge in [-0.1, -0.05) is 73.2 Å². The van der Waals surface area contributed by atoms with Gasteiger partial charge in [0, 0.05) is 40.1 Å². The first kappa shape index (κ1) is 34.1. The Hall–Kier alpha value is -2.76. The van der Waals surface area contributed by atoms with Gasteiger partial charge in [0.05, 0.1) is 4.47 Å². The van der Waals surface area contributed by atoms with Gasteiger partial charge < -0.3 is 20.7 Å². The average molecular weight is 700 g/mol. The van der Waals surface area contributed by atoms with Crippen LogP contribution in [0.25, 0.3) is 11.1 Å². The van der Waals surface area contributed by atoms with Gasteiger partial charge in [-0.05, 0) is 90.8 Å². The summed E-state index contributed by atoms with van der Waals surface area (Å²) in [5.74, 6) is 3.48. The third-order valence-corrected chi connectivity index (χ3v) is 8.57. The zero-order chi connectivity index (χ0) is 31.5. The number of aromatic nitrogens is 4.